The molecule has 8 heteroatoms. The third kappa shape index (κ3) is 3.33. The van der Waals surface area contributed by atoms with Crippen molar-refractivity contribution >= 4 is 16.7 Å². The number of anilines is 1. The van der Waals surface area contributed by atoms with Gasteiger partial charge in [-0.15, -0.1) is 0 Å². The normalized spacial score (nSPS) is 15.8. The van der Waals surface area contributed by atoms with E-state index in [1.807, 2.05) is 25.9 Å². The smallest absolute Gasteiger partial charge is 0.266 e. The first-order valence-electron chi connectivity index (χ1n) is 7.28. The molecule has 1 aliphatic heterocycles. The second-order valence-electron chi connectivity index (χ2n) is 5.94. The van der Waals surface area contributed by atoms with E-state index in [-0.39, 0.29) is 5.56 Å². The van der Waals surface area contributed by atoms with Crippen molar-refractivity contribution in [3.05, 3.63) is 34.0 Å². The van der Waals surface area contributed by atoms with Crippen molar-refractivity contribution in [2.45, 2.75) is 20.0 Å². The minimum absolute atomic E-state index is 0.0270. The number of aryl methyl sites for hydroxylation is 1. The molecule has 0 N–H and O–H groups in total. The summed E-state index contributed by atoms with van der Waals surface area (Å²) in [6.07, 6.45) is 0. The molecule has 1 saturated heterocycles. The highest BCUT2D eigenvalue weighted by atomic mass is 32.1. The van der Waals surface area contributed by atoms with Crippen LogP contribution < -0.4 is 10.5 Å². The lowest BCUT2D eigenvalue weighted by atomic mass is 10.0. The molecule has 0 saturated carbocycles. The summed E-state index contributed by atoms with van der Waals surface area (Å²) in [4.78, 5) is 20.5. The lowest BCUT2D eigenvalue weighted by molar-refractivity contribution is 0.0743. The molecule has 0 atom stereocenters. The van der Waals surface area contributed by atoms with Crippen molar-refractivity contribution < 1.29 is 0 Å². The van der Waals surface area contributed by atoms with Crippen LogP contribution >= 0.6 is 11.5 Å². The van der Waals surface area contributed by atoms with Crippen molar-refractivity contribution in [2.24, 2.45) is 5.92 Å². The minimum Gasteiger partial charge on any atom is -0.353 e. The van der Waals surface area contributed by atoms with E-state index in [1.165, 1.54) is 11.5 Å². The largest absolute Gasteiger partial charge is 0.353 e. The van der Waals surface area contributed by atoms with E-state index in [4.69, 9.17) is 0 Å². The maximum absolute atomic E-state index is 11.7. The SMILES string of the molecule is Cc1ccc(=O)n(CC2CN(Cc3nsc(N(C)C)n3)C2)n1. The van der Waals surface area contributed by atoms with Crippen LogP contribution in [-0.2, 0) is 13.1 Å². The van der Waals surface area contributed by atoms with E-state index in [0.717, 1.165) is 36.3 Å². The number of likely N-dealkylation sites (tertiary alicyclic amines) is 1. The van der Waals surface area contributed by atoms with Gasteiger partial charge in [0.1, 0.15) is 0 Å². The Morgan fingerprint density at radius 2 is 2.14 bits per heavy atom. The van der Waals surface area contributed by atoms with Crippen LogP contribution in [0, 0.1) is 12.8 Å². The van der Waals surface area contributed by atoms with E-state index in [1.54, 1.807) is 16.8 Å². The molecule has 0 bridgehead atoms. The summed E-state index contributed by atoms with van der Waals surface area (Å²) in [6.45, 7) is 5.28. The van der Waals surface area contributed by atoms with Gasteiger partial charge in [0.25, 0.3) is 5.56 Å². The molecule has 0 aliphatic carbocycles. The Balaban J connectivity index is 1.51. The van der Waals surface area contributed by atoms with Crippen LogP contribution in [0.5, 0.6) is 0 Å². The molecule has 2 aromatic rings. The first-order chi connectivity index (χ1) is 10.5. The number of nitrogens with zero attached hydrogens (tertiary/aromatic N) is 6. The number of rotatable bonds is 5. The maximum Gasteiger partial charge on any atom is 0.266 e. The predicted octanol–water partition coefficient (Wildman–Crippen LogP) is 0.601. The number of hydrogen-bond donors (Lipinski definition) is 0. The summed E-state index contributed by atoms with van der Waals surface area (Å²) in [7, 11) is 3.94. The Labute approximate surface area is 133 Å². The summed E-state index contributed by atoms with van der Waals surface area (Å²) in [5.74, 6) is 1.34. The van der Waals surface area contributed by atoms with Gasteiger partial charge in [-0.3, -0.25) is 9.69 Å². The van der Waals surface area contributed by atoms with E-state index in [9.17, 15) is 4.79 Å². The highest BCUT2D eigenvalue weighted by Gasteiger charge is 2.28. The van der Waals surface area contributed by atoms with E-state index < -0.39 is 0 Å². The molecule has 7 nitrogen and oxygen atoms in total. The topological polar surface area (TPSA) is 67.2 Å². The van der Waals surface area contributed by atoms with Gasteiger partial charge >= 0.3 is 0 Å². The predicted molar refractivity (Wildman–Crippen MR) is 86.2 cm³/mol. The molecule has 1 fully saturated rings. The van der Waals surface area contributed by atoms with Crippen molar-refractivity contribution in [3.8, 4) is 0 Å². The van der Waals surface area contributed by atoms with Gasteiger partial charge in [-0.1, -0.05) is 0 Å². The fourth-order valence-electron chi connectivity index (χ4n) is 2.54. The molecule has 0 amide bonds. The Morgan fingerprint density at radius 3 is 2.82 bits per heavy atom. The second kappa shape index (κ2) is 6.13. The molecule has 118 valence electrons. The quantitative estimate of drug-likeness (QED) is 0.804. The van der Waals surface area contributed by atoms with Gasteiger partial charge < -0.3 is 4.90 Å². The Bertz CT molecular complexity index is 703. The average Bonchev–Trinajstić information content (AvgIpc) is 2.89. The molecular weight excluding hydrogens is 300 g/mol. The monoisotopic (exact) mass is 320 g/mol. The molecule has 0 unspecified atom stereocenters. The van der Waals surface area contributed by atoms with Crippen LogP contribution in [-0.4, -0.2) is 51.2 Å². The van der Waals surface area contributed by atoms with Crippen LogP contribution in [0.3, 0.4) is 0 Å². The van der Waals surface area contributed by atoms with Gasteiger partial charge in [0, 0.05) is 50.7 Å². The van der Waals surface area contributed by atoms with Crippen LogP contribution in [0.15, 0.2) is 16.9 Å². The van der Waals surface area contributed by atoms with Gasteiger partial charge in [-0.25, -0.2) is 9.67 Å². The van der Waals surface area contributed by atoms with Gasteiger partial charge in [0.15, 0.2) is 5.82 Å². The standard InChI is InChI=1S/C14H20N6OS/c1-10-4-5-13(21)20(16-10)8-11-6-19(7-11)9-12-15-14(18(2)3)22-17-12/h4-5,11H,6-9H2,1-3H3. The molecule has 0 spiro atoms. The zero-order valence-corrected chi connectivity index (χ0v) is 13.9. The lowest BCUT2D eigenvalue weighted by Crippen LogP contribution is -2.49. The second-order valence-corrected chi connectivity index (χ2v) is 6.67. The lowest BCUT2D eigenvalue weighted by Gasteiger charge is -2.38. The fourth-order valence-corrected chi connectivity index (χ4v) is 3.13. The molecule has 3 rings (SSSR count). The summed E-state index contributed by atoms with van der Waals surface area (Å²) in [5, 5.41) is 5.22. The molecule has 2 aromatic heterocycles. The Hall–Kier alpha value is -1.80. The van der Waals surface area contributed by atoms with Gasteiger partial charge in [0.05, 0.1) is 18.8 Å². The summed E-state index contributed by atoms with van der Waals surface area (Å²) < 4.78 is 5.95. The van der Waals surface area contributed by atoms with Crippen molar-refractivity contribution in [1.82, 2.24) is 24.0 Å². The maximum atomic E-state index is 11.7. The van der Waals surface area contributed by atoms with Crippen molar-refractivity contribution in [1.29, 1.82) is 0 Å². The van der Waals surface area contributed by atoms with Crippen molar-refractivity contribution in [2.75, 3.05) is 32.1 Å². The summed E-state index contributed by atoms with van der Waals surface area (Å²) in [6, 6.07) is 3.34. The average molecular weight is 320 g/mol. The molecule has 0 aromatic carbocycles. The zero-order valence-electron chi connectivity index (χ0n) is 13.1. The highest BCUT2D eigenvalue weighted by Crippen LogP contribution is 2.21. The summed E-state index contributed by atoms with van der Waals surface area (Å²) in [5.41, 5.74) is 0.847. The highest BCUT2D eigenvalue weighted by molar-refractivity contribution is 7.09. The number of hydrogen-bond acceptors (Lipinski definition) is 7. The van der Waals surface area contributed by atoms with Gasteiger partial charge in [0.2, 0.25) is 5.13 Å². The van der Waals surface area contributed by atoms with Gasteiger partial charge in [-0.2, -0.15) is 9.47 Å². The van der Waals surface area contributed by atoms with Crippen LogP contribution in [0.2, 0.25) is 0 Å². The molecular formula is C14H20N6OS. The van der Waals surface area contributed by atoms with Crippen LogP contribution in [0.1, 0.15) is 11.5 Å². The third-order valence-electron chi connectivity index (χ3n) is 3.67. The van der Waals surface area contributed by atoms with E-state index in [0.29, 0.717) is 12.5 Å². The van der Waals surface area contributed by atoms with Crippen LogP contribution in [0.4, 0.5) is 5.13 Å². The Kier molecular flexibility index (Phi) is 4.21. The van der Waals surface area contributed by atoms with Gasteiger partial charge in [-0.05, 0) is 13.0 Å². The fraction of sp³-hybridized carbons (Fsp3) is 0.571. The van der Waals surface area contributed by atoms with Crippen molar-refractivity contribution in [3.63, 3.8) is 0 Å². The third-order valence-corrected chi connectivity index (χ3v) is 4.59. The molecule has 22 heavy (non-hydrogen) atoms. The first kappa shape index (κ1) is 15.1. The molecule has 1 aliphatic rings. The van der Waals surface area contributed by atoms with E-state index >= 15 is 0 Å². The van der Waals surface area contributed by atoms with E-state index in [2.05, 4.69) is 19.4 Å². The molecule has 0 radical (unpaired) electrons. The Morgan fingerprint density at radius 1 is 1.36 bits per heavy atom. The molecule has 3 heterocycles. The van der Waals surface area contributed by atoms with Crippen LogP contribution in [0.25, 0.3) is 0 Å². The minimum atomic E-state index is -0.0270. The summed E-state index contributed by atoms with van der Waals surface area (Å²) >= 11 is 1.42. The zero-order chi connectivity index (χ0) is 15.7. The first-order valence-corrected chi connectivity index (χ1v) is 8.05. The number of aromatic nitrogens is 4.